The fraction of sp³-hybridized carbons (Fsp3) is 0.440. The molecule has 40 heavy (non-hydrogen) atoms. The normalized spacial score (nSPS) is 24.9. The summed E-state index contributed by atoms with van der Waals surface area (Å²) in [6.45, 7) is 4.30. The molecule has 0 radical (unpaired) electrons. The van der Waals surface area contributed by atoms with Gasteiger partial charge in [-0.1, -0.05) is 24.1 Å². The van der Waals surface area contributed by atoms with Gasteiger partial charge in [0.2, 0.25) is 11.6 Å². The number of nitrogen functional groups attached to an aromatic ring is 1. The maximum Gasteiger partial charge on any atom is 0.459 e. The van der Waals surface area contributed by atoms with Crippen LogP contribution >= 0.6 is 7.75 Å². The van der Waals surface area contributed by atoms with Gasteiger partial charge >= 0.3 is 13.7 Å². The minimum atomic E-state index is -4.28. The summed E-state index contributed by atoms with van der Waals surface area (Å²) in [5, 5.41) is 2.57. The predicted molar refractivity (Wildman–Crippen MR) is 142 cm³/mol. The van der Waals surface area contributed by atoms with E-state index in [1.807, 2.05) is 0 Å². The highest BCUT2D eigenvalue weighted by atomic mass is 31.2. The van der Waals surface area contributed by atoms with Gasteiger partial charge in [0.15, 0.2) is 11.9 Å². The third-order valence-corrected chi connectivity index (χ3v) is 7.56. The number of benzene rings is 1. The molecule has 2 aromatic heterocycles. The third kappa shape index (κ3) is 6.09. The number of alkyl halides is 1. The quantitative estimate of drug-likeness (QED) is 0.195. The minimum absolute atomic E-state index is 0.0595. The van der Waals surface area contributed by atoms with Gasteiger partial charge in [-0.25, -0.2) is 18.9 Å². The maximum atomic E-state index is 16.4. The molecule has 0 spiro atoms. The van der Waals surface area contributed by atoms with Gasteiger partial charge in [0, 0.05) is 7.11 Å². The third-order valence-electron chi connectivity index (χ3n) is 5.91. The SMILES string of the molecule is C#CC1(F)[C@@H](OC)[C@@H](COP(=O)(N[C@@H](C)C(=O)OC(C)C)Oc2ccccc2)O[C@H]1n1cnc2cnc(N)nc21. The summed E-state index contributed by atoms with van der Waals surface area (Å²) < 4.78 is 59.4. The Kier molecular flexibility index (Phi) is 8.72. The van der Waals surface area contributed by atoms with Crippen LogP contribution in [-0.4, -0.2) is 69.2 Å². The van der Waals surface area contributed by atoms with Crippen LogP contribution in [0.5, 0.6) is 5.75 Å². The van der Waals surface area contributed by atoms with Crippen LogP contribution in [0.1, 0.15) is 27.0 Å². The molecule has 1 aromatic carbocycles. The first kappa shape index (κ1) is 29.4. The monoisotopic (exact) mass is 576 g/mol. The number of fused-ring (bicyclic) bond motifs is 1. The first-order chi connectivity index (χ1) is 19.0. The fourth-order valence-corrected chi connectivity index (χ4v) is 5.64. The van der Waals surface area contributed by atoms with Crippen LogP contribution in [-0.2, 0) is 28.1 Å². The van der Waals surface area contributed by atoms with Crippen molar-refractivity contribution >= 4 is 30.8 Å². The fourth-order valence-electron chi connectivity index (χ4n) is 4.14. The Morgan fingerprint density at radius 3 is 2.70 bits per heavy atom. The van der Waals surface area contributed by atoms with Crippen molar-refractivity contribution in [1.82, 2.24) is 24.6 Å². The molecule has 3 heterocycles. The number of esters is 1. The van der Waals surface area contributed by atoms with Crippen molar-refractivity contribution < 1.29 is 37.0 Å². The van der Waals surface area contributed by atoms with Gasteiger partial charge in [-0.15, -0.1) is 6.42 Å². The van der Waals surface area contributed by atoms with Crippen molar-refractivity contribution in [3.63, 3.8) is 0 Å². The van der Waals surface area contributed by atoms with Gasteiger partial charge in [-0.05, 0) is 32.9 Å². The lowest BCUT2D eigenvalue weighted by molar-refractivity contribution is -0.149. The second-order valence-electron chi connectivity index (χ2n) is 9.22. The Labute approximate surface area is 230 Å². The molecule has 3 aromatic rings. The molecular weight excluding hydrogens is 546 g/mol. The summed E-state index contributed by atoms with van der Waals surface area (Å²) in [6.07, 6.45) is 3.88. The zero-order valence-corrected chi connectivity index (χ0v) is 23.2. The van der Waals surface area contributed by atoms with Gasteiger partial charge < -0.3 is 24.5 Å². The molecule has 3 N–H and O–H groups in total. The summed E-state index contributed by atoms with van der Waals surface area (Å²) in [4.78, 5) is 24.6. The largest absolute Gasteiger partial charge is 0.462 e. The number of aromatic nitrogens is 4. The number of halogens is 1. The molecule has 6 atom stereocenters. The highest BCUT2D eigenvalue weighted by molar-refractivity contribution is 7.52. The number of imidazole rings is 1. The lowest BCUT2D eigenvalue weighted by Gasteiger charge is -2.27. The number of terminal acetylenes is 1. The van der Waals surface area contributed by atoms with Gasteiger partial charge in [0.1, 0.15) is 29.5 Å². The lowest BCUT2D eigenvalue weighted by atomic mass is 9.97. The Morgan fingerprint density at radius 2 is 2.05 bits per heavy atom. The van der Waals surface area contributed by atoms with E-state index in [4.69, 9.17) is 35.4 Å². The summed E-state index contributed by atoms with van der Waals surface area (Å²) >= 11 is 0. The van der Waals surface area contributed by atoms with Gasteiger partial charge in [-0.3, -0.25) is 13.9 Å². The molecule has 1 aliphatic rings. The Balaban J connectivity index is 1.60. The first-order valence-electron chi connectivity index (χ1n) is 12.3. The number of para-hydroxylation sites is 1. The highest BCUT2D eigenvalue weighted by Gasteiger charge is 2.59. The lowest BCUT2D eigenvalue weighted by Crippen LogP contribution is -2.44. The Morgan fingerprint density at radius 1 is 1.32 bits per heavy atom. The van der Waals surface area contributed by atoms with Crippen LogP contribution in [0, 0.1) is 12.3 Å². The number of nitrogens with zero attached hydrogens (tertiary/aromatic N) is 4. The van der Waals surface area contributed by atoms with E-state index in [1.165, 1.54) is 31.1 Å². The average molecular weight is 577 g/mol. The molecule has 2 unspecified atom stereocenters. The zero-order valence-electron chi connectivity index (χ0n) is 22.3. The molecule has 0 saturated carbocycles. The molecule has 0 aliphatic carbocycles. The van der Waals surface area contributed by atoms with Crippen molar-refractivity contribution in [3.05, 3.63) is 42.9 Å². The van der Waals surface area contributed by atoms with Crippen LogP contribution in [0.15, 0.2) is 42.9 Å². The smallest absolute Gasteiger partial charge is 0.459 e. The first-order valence-corrected chi connectivity index (χ1v) is 13.8. The topological polar surface area (TPSA) is 162 Å². The number of carbonyl (C=O) groups excluding carboxylic acids is 1. The number of nitrogens with one attached hydrogen (secondary N) is 1. The molecule has 214 valence electrons. The van der Waals surface area contributed by atoms with Crippen LogP contribution in [0.2, 0.25) is 0 Å². The van der Waals surface area contributed by atoms with Crippen molar-refractivity contribution in [2.45, 2.75) is 57.0 Å². The molecule has 4 rings (SSSR count). The number of methoxy groups -OCH3 is 1. The number of carbonyl (C=O) groups is 1. The molecule has 0 amide bonds. The molecule has 13 nitrogen and oxygen atoms in total. The number of anilines is 1. The number of hydrogen-bond donors (Lipinski definition) is 2. The number of nitrogens with two attached hydrogens (primary N) is 1. The number of ether oxygens (including phenoxy) is 3. The van der Waals surface area contributed by atoms with Crippen molar-refractivity contribution in [1.29, 1.82) is 0 Å². The predicted octanol–water partition coefficient (Wildman–Crippen LogP) is 2.80. The van der Waals surface area contributed by atoms with Crippen LogP contribution in [0.4, 0.5) is 10.3 Å². The number of hydrogen-bond acceptors (Lipinski definition) is 11. The Bertz CT molecular complexity index is 1430. The van der Waals surface area contributed by atoms with Crippen molar-refractivity contribution in [2.75, 3.05) is 19.5 Å². The average Bonchev–Trinajstić information content (AvgIpc) is 3.45. The highest BCUT2D eigenvalue weighted by Crippen LogP contribution is 2.48. The van der Waals surface area contributed by atoms with E-state index in [0.29, 0.717) is 5.52 Å². The molecule has 1 saturated heterocycles. The van der Waals surface area contributed by atoms with Crippen molar-refractivity contribution in [3.8, 4) is 18.1 Å². The van der Waals surface area contributed by atoms with Crippen LogP contribution in [0.3, 0.4) is 0 Å². The molecule has 1 aliphatic heterocycles. The standard InChI is InChI=1S/C25H30FN6O7P/c1-6-25(26)20(35-5)19(38-23(25)32-14-29-18-12-28-24(27)30-21(18)32)13-36-40(34,39-17-10-8-7-9-11-17)31-16(4)22(33)37-15(2)3/h1,7-12,14-16,19-20,23H,13H2,2-5H3,(H,31,34)(H2,27,28,30)/t16-,19+,20-,23+,25?,40?/m0/s1. The van der Waals surface area contributed by atoms with E-state index in [2.05, 4.69) is 26.0 Å². The van der Waals surface area contributed by atoms with Gasteiger partial charge in [0.05, 0.1) is 25.2 Å². The van der Waals surface area contributed by atoms with Gasteiger partial charge in [-0.2, -0.15) is 10.1 Å². The van der Waals surface area contributed by atoms with E-state index >= 15 is 4.39 Å². The Hall–Kier alpha value is -3.60. The van der Waals surface area contributed by atoms with Crippen molar-refractivity contribution in [2.24, 2.45) is 0 Å². The summed E-state index contributed by atoms with van der Waals surface area (Å²) in [7, 11) is -3.02. The molecule has 0 bridgehead atoms. The van der Waals surface area contributed by atoms with Gasteiger partial charge in [0.25, 0.3) is 0 Å². The molecule has 15 heteroatoms. The minimum Gasteiger partial charge on any atom is -0.462 e. The van der Waals surface area contributed by atoms with E-state index < -0.39 is 56.6 Å². The van der Waals surface area contributed by atoms with Crippen LogP contribution < -0.4 is 15.3 Å². The summed E-state index contributed by atoms with van der Waals surface area (Å²) in [5.74, 6) is 1.58. The number of rotatable bonds is 11. The molecular formula is C25H30FN6O7P. The van der Waals surface area contributed by atoms with Crippen LogP contribution in [0.25, 0.3) is 11.2 Å². The zero-order chi connectivity index (χ0) is 29.1. The van der Waals surface area contributed by atoms with E-state index in [-0.39, 0.29) is 17.3 Å². The second-order valence-corrected chi connectivity index (χ2v) is 10.9. The second kappa shape index (κ2) is 11.9. The summed E-state index contributed by atoms with van der Waals surface area (Å²) in [5.41, 5.74) is 3.70. The van der Waals surface area contributed by atoms with E-state index in [9.17, 15) is 9.36 Å². The molecule has 1 fully saturated rings. The van der Waals surface area contributed by atoms with E-state index in [1.54, 1.807) is 44.2 Å². The summed E-state index contributed by atoms with van der Waals surface area (Å²) in [6, 6.07) is 7.09. The van der Waals surface area contributed by atoms with E-state index in [0.717, 1.165) is 0 Å². The maximum absolute atomic E-state index is 16.4.